The fourth-order valence-electron chi connectivity index (χ4n) is 2.70. The molecule has 0 aliphatic rings. The number of hydrogen-bond acceptors (Lipinski definition) is 5. The molecular formula is C21H33KO8S. The fraction of sp³-hybridized carbons (Fsp3) is 0.619. The van der Waals surface area contributed by atoms with Crippen molar-refractivity contribution in [2.24, 2.45) is 0 Å². The zero-order chi connectivity index (χ0) is 23.9. The first-order valence-electron chi connectivity index (χ1n) is 10.7. The van der Waals surface area contributed by atoms with E-state index in [-0.39, 0.29) is 0 Å². The third kappa shape index (κ3) is 15.1. The molecule has 0 spiro atoms. The van der Waals surface area contributed by atoms with Gasteiger partial charge in [0, 0.05) is 0 Å². The molecule has 0 radical (unpaired) electrons. The Morgan fingerprint density at radius 3 is 2.10 bits per heavy atom. The molecule has 31 heavy (non-hydrogen) atoms. The van der Waals surface area contributed by atoms with Crippen LogP contribution in [0.15, 0.2) is 24.3 Å². The van der Waals surface area contributed by atoms with E-state index in [0.717, 1.165) is 61.1 Å². The van der Waals surface area contributed by atoms with Gasteiger partial charge in [0.1, 0.15) is 0 Å². The van der Waals surface area contributed by atoms with E-state index in [4.69, 9.17) is 19.5 Å². The van der Waals surface area contributed by atoms with E-state index in [1.165, 1.54) is 50.5 Å². The van der Waals surface area contributed by atoms with E-state index < -0.39 is 33.7 Å². The van der Waals surface area contributed by atoms with E-state index >= 15 is 0 Å². The number of para-hydroxylation sites is 1. The maximum atomic E-state index is 10.2. The summed E-state index contributed by atoms with van der Waals surface area (Å²) in [5, 5.41) is 13.9. The average molecular weight is 485 g/mol. The van der Waals surface area contributed by atoms with Crippen LogP contribution in [0.3, 0.4) is 0 Å². The van der Waals surface area contributed by atoms with Gasteiger partial charge < -0.3 is 10.2 Å². The predicted octanol–water partition coefficient (Wildman–Crippen LogP) is 3.68. The molecule has 0 aliphatic heterocycles. The van der Waals surface area contributed by atoms with Crippen molar-refractivity contribution in [3.05, 3.63) is 29.8 Å². The second kappa shape index (κ2) is 17.0. The Labute approximate surface area is 219 Å². The Hall–Kier alpha value is -0.494. The van der Waals surface area contributed by atoms with Crippen molar-refractivity contribution in [1.82, 2.24) is 0 Å². The molecule has 3 N–H and O–H groups in total. The molecule has 1 aromatic rings. The molecule has 172 valence electrons. The van der Waals surface area contributed by atoms with Gasteiger partial charge in [0.05, 0.1) is 6.42 Å². The molecule has 0 bridgehead atoms. The largest absolute Gasteiger partial charge is 0.481 e. The number of aryl methyl sites for hydroxylation is 1. The van der Waals surface area contributed by atoms with E-state index in [0.29, 0.717) is 0.199 Å². The monoisotopic (exact) mass is 484 g/mol. The Balaban J connectivity index is 0.000000649. The number of rotatable bonds is 14. The third-order valence-electron chi connectivity index (χ3n) is 4.67. The molecule has 10 heteroatoms. The zero-order valence-corrected chi connectivity index (χ0v) is 22.6. The van der Waals surface area contributed by atoms with Gasteiger partial charge in [0.25, 0.3) is 10.1 Å². The van der Waals surface area contributed by atoms with Gasteiger partial charge in [-0.15, -0.1) is 0 Å². The zero-order valence-electron chi connectivity index (χ0n) is 18.6. The fourth-order valence-corrected chi connectivity index (χ4v) is 3.70. The van der Waals surface area contributed by atoms with Gasteiger partial charge in [0.2, 0.25) is 0 Å². The summed E-state index contributed by atoms with van der Waals surface area (Å²) in [5.74, 6) is -2.36. The van der Waals surface area contributed by atoms with Gasteiger partial charge in [0.15, 0.2) is 5.25 Å². The van der Waals surface area contributed by atoms with Crippen molar-refractivity contribution in [2.45, 2.75) is 77.1 Å². The molecule has 0 amide bonds. The Bertz CT molecular complexity index is 766. The quantitative estimate of drug-likeness (QED) is 0.206. The van der Waals surface area contributed by atoms with Crippen LogP contribution in [-0.2, 0) is 26.1 Å². The molecule has 1 rings (SSSR count). The minimum Gasteiger partial charge on any atom is -0.481 e. The summed E-state index contributed by atoms with van der Waals surface area (Å²) >= 11 is 0.745. The number of carbonyl (C=O) groups is 2. The van der Waals surface area contributed by atoms with Crippen LogP contribution in [0.5, 0.6) is 5.75 Å². The average Bonchev–Trinajstić information content (AvgIpc) is 2.69. The van der Waals surface area contributed by atoms with Gasteiger partial charge in [-0.3, -0.25) is 14.1 Å². The van der Waals surface area contributed by atoms with Gasteiger partial charge in [-0.05, 0) is 0 Å². The molecule has 0 aliphatic carbocycles. The van der Waals surface area contributed by atoms with Crippen molar-refractivity contribution >= 4 is 71.0 Å². The van der Waals surface area contributed by atoms with Crippen LogP contribution in [0.4, 0.5) is 0 Å². The van der Waals surface area contributed by atoms with Gasteiger partial charge >= 0.3 is 167 Å². The van der Waals surface area contributed by atoms with Gasteiger partial charge in [-0.25, -0.2) is 0 Å². The van der Waals surface area contributed by atoms with Crippen LogP contribution in [0.1, 0.15) is 70.8 Å². The summed E-state index contributed by atoms with van der Waals surface area (Å²) in [7, 11) is -4.84. The number of aliphatic carboxylic acids is 2. The SMILES string of the molecule is CCCCCCCCc1ccccc1O[CH]([K])CC.O=C(O)CC(C(=O)O)S(=O)(=O)O. The summed E-state index contributed by atoms with van der Waals surface area (Å²) in [5.41, 5.74) is 1.40. The number of carboxylic acids is 2. The van der Waals surface area contributed by atoms with E-state index in [1.54, 1.807) is 0 Å². The molecule has 0 aromatic heterocycles. The van der Waals surface area contributed by atoms with Crippen LogP contribution in [0.25, 0.3) is 0 Å². The van der Waals surface area contributed by atoms with Crippen LogP contribution in [0.2, 0.25) is 0 Å². The van der Waals surface area contributed by atoms with Gasteiger partial charge in [-0.1, -0.05) is 0 Å². The standard InChI is InChI=1S/C17H27O.C4H6O7S.K/c1-3-5-6-7-8-9-12-16-13-10-11-14-17(16)18-15-4-2;5-3(6)1-2(4(7)8)12(9,10)11;/h10-11,13-15H,3-9,12H2,1-2H3;2H,1H2,(H,5,6)(H,7,8)(H,9,10,11);. The van der Waals surface area contributed by atoms with Crippen molar-refractivity contribution in [3.8, 4) is 5.75 Å². The smallest absolute Gasteiger partial charge is 0.325 e. The van der Waals surface area contributed by atoms with E-state index in [1.807, 2.05) is 0 Å². The minimum absolute atomic E-state index is 0.498. The van der Waals surface area contributed by atoms with Crippen molar-refractivity contribution in [1.29, 1.82) is 0 Å². The number of hydrogen-bond donors (Lipinski definition) is 3. The van der Waals surface area contributed by atoms with Crippen LogP contribution < -0.4 is 4.74 Å². The minimum atomic E-state index is -4.84. The first kappa shape index (κ1) is 30.5. The number of ether oxygens (including phenoxy) is 1. The van der Waals surface area contributed by atoms with Crippen LogP contribution >= 0.6 is 0 Å². The van der Waals surface area contributed by atoms with Crippen molar-refractivity contribution < 1.29 is 37.5 Å². The van der Waals surface area contributed by atoms with Crippen molar-refractivity contribution in [2.75, 3.05) is 0 Å². The molecule has 8 nitrogen and oxygen atoms in total. The first-order valence-corrected chi connectivity index (χ1v) is 14.0. The molecule has 2 unspecified atom stereocenters. The predicted molar refractivity (Wildman–Crippen MR) is 119 cm³/mol. The number of benzene rings is 1. The van der Waals surface area contributed by atoms with Crippen LogP contribution in [-0.4, -0.2) is 89.5 Å². The molecule has 0 fully saturated rings. The topological polar surface area (TPSA) is 138 Å². The van der Waals surface area contributed by atoms with Crippen LogP contribution in [0, 0.1) is 0 Å². The number of unbranched alkanes of at least 4 members (excludes halogenated alkanes) is 5. The second-order valence-corrected chi connectivity index (χ2v) is 11.0. The summed E-state index contributed by atoms with van der Waals surface area (Å²) < 4.78 is 35.2. The van der Waals surface area contributed by atoms with E-state index in [2.05, 4.69) is 38.1 Å². The van der Waals surface area contributed by atoms with Crippen molar-refractivity contribution in [3.63, 3.8) is 0 Å². The summed E-state index contributed by atoms with van der Waals surface area (Å²) in [6.07, 6.45) is 9.32. The normalized spacial score (nSPS) is 12.9. The molecule has 1 aromatic carbocycles. The molecule has 2 atom stereocenters. The molecule has 0 saturated carbocycles. The van der Waals surface area contributed by atoms with Gasteiger partial charge in [-0.2, -0.15) is 8.42 Å². The third-order valence-corrected chi connectivity index (χ3v) is 7.40. The first-order chi connectivity index (χ1) is 14.5. The Morgan fingerprint density at radius 2 is 1.61 bits per heavy atom. The summed E-state index contributed by atoms with van der Waals surface area (Å²) in [4.78, 5) is 20.0. The second-order valence-electron chi connectivity index (χ2n) is 7.40. The maximum absolute atomic E-state index is 10.2. The Kier molecular flexibility index (Phi) is 16.8. The molecule has 0 saturated heterocycles. The molecular weight excluding hydrogens is 451 g/mol. The Morgan fingerprint density at radius 1 is 1.03 bits per heavy atom. The molecule has 0 heterocycles. The van der Waals surface area contributed by atoms with E-state index in [9.17, 15) is 18.0 Å². The maximum Gasteiger partial charge on any atom is 0.325 e. The summed E-state index contributed by atoms with van der Waals surface area (Å²) in [6.45, 7) is 4.49. The summed E-state index contributed by atoms with van der Waals surface area (Å²) in [6, 6.07) is 8.60. The number of carboxylic acid groups (broad SMARTS) is 2.